The smallest absolute Gasteiger partial charge is 0.416 e. The van der Waals surface area contributed by atoms with Gasteiger partial charge < -0.3 is 4.74 Å². The van der Waals surface area contributed by atoms with Crippen LogP contribution in [0.2, 0.25) is 0 Å². The number of anilines is 1. The van der Waals surface area contributed by atoms with Gasteiger partial charge in [0.25, 0.3) is 0 Å². The van der Waals surface area contributed by atoms with E-state index in [2.05, 4.69) is 20.9 Å². The lowest BCUT2D eigenvalue weighted by molar-refractivity contribution is 0.173. The molecule has 2 aromatic rings. The Morgan fingerprint density at radius 3 is 2.68 bits per heavy atom. The molecule has 1 aliphatic heterocycles. The number of rotatable bonds is 2. The van der Waals surface area contributed by atoms with Crippen molar-refractivity contribution in [1.29, 1.82) is 0 Å². The summed E-state index contributed by atoms with van der Waals surface area (Å²) in [7, 11) is 0. The highest BCUT2D eigenvalue weighted by molar-refractivity contribution is 9.10. The van der Waals surface area contributed by atoms with Gasteiger partial charge in [0.05, 0.1) is 11.2 Å². The van der Waals surface area contributed by atoms with Gasteiger partial charge in [-0.15, -0.1) is 11.3 Å². The molecular weight excluding hydrogens is 364 g/mol. The molecule has 4 rings (SSSR count). The molecule has 22 heavy (non-hydrogen) atoms. The molecule has 114 valence electrons. The Kier molecular flexibility index (Phi) is 3.46. The molecule has 1 saturated heterocycles. The van der Waals surface area contributed by atoms with Crippen LogP contribution in [0.5, 0.6) is 0 Å². The molecule has 2 heterocycles. The first-order chi connectivity index (χ1) is 10.7. The third-order valence-corrected chi connectivity index (χ3v) is 5.83. The molecule has 1 spiro atoms. The second-order valence-electron chi connectivity index (χ2n) is 5.84. The number of benzene rings is 1. The Labute approximate surface area is 141 Å². The number of amides is 1. The standard InChI is InChI=1S/C16H15BrN2O2S/c17-12-5-3-11(4-6-12)13-9-22-14(18-13)19-15(20)21-10-16(19)7-1-2-8-16/h3-6,9H,1-2,7-8,10H2. The summed E-state index contributed by atoms with van der Waals surface area (Å²) >= 11 is 4.95. The van der Waals surface area contributed by atoms with Crippen molar-refractivity contribution in [3.8, 4) is 11.3 Å². The van der Waals surface area contributed by atoms with Crippen LogP contribution in [0.25, 0.3) is 11.3 Å². The Morgan fingerprint density at radius 2 is 1.95 bits per heavy atom. The average Bonchev–Trinajstić information content (AvgIpc) is 3.23. The van der Waals surface area contributed by atoms with Crippen LogP contribution in [0.1, 0.15) is 25.7 Å². The van der Waals surface area contributed by atoms with Crippen LogP contribution < -0.4 is 4.90 Å². The van der Waals surface area contributed by atoms with E-state index in [1.165, 1.54) is 11.3 Å². The van der Waals surface area contributed by atoms with E-state index in [0.29, 0.717) is 6.61 Å². The fourth-order valence-corrected chi connectivity index (χ4v) is 4.52. The molecule has 0 radical (unpaired) electrons. The van der Waals surface area contributed by atoms with Crippen LogP contribution in [0.15, 0.2) is 34.1 Å². The van der Waals surface area contributed by atoms with E-state index < -0.39 is 0 Å². The maximum Gasteiger partial charge on any atom is 0.416 e. The van der Waals surface area contributed by atoms with Crippen LogP contribution in [-0.2, 0) is 4.74 Å². The molecule has 6 heteroatoms. The minimum Gasteiger partial charge on any atom is -0.447 e. The largest absolute Gasteiger partial charge is 0.447 e. The molecule has 1 aliphatic carbocycles. The van der Waals surface area contributed by atoms with Gasteiger partial charge in [-0.05, 0) is 25.0 Å². The molecular formula is C16H15BrN2O2S. The number of hydrogen-bond donors (Lipinski definition) is 0. The number of cyclic esters (lactones) is 1. The highest BCUT2D eigenvalue weighted by Crippen LogP contribution is 2.44. The van der Waals surface area contributed by atoms with E-state index >= 15 is 0 Å². The predicted octanol–water partition coefficient (Wildman–Crippen LogP) is 4.84. The van der Waals surface area contributed by atoms with Crippen molar-refractivity contribution >= 4 is 38.5 Å². The molecule has 4 nitrogen and oxygen atoms in total. The molecule has 2 fully saturated rings. The van der Waals surface area contributed by atoms with Gasteiger partial charge in [0, 0.05) is 15.4 Å². The number of hydrogen-bond acceptors (Lipinski definition) is 4. The minimum atomic E-state index is -0.251. The van der Waals surface area contributed by atoms with Crippen LogP contribution in [-0.4, -0.2) is 23.2 Å². The molecule has 0 atom stereocenters. The summed E-state index contributed by atoms with van der Waals surface area (Å²) in [5.74, 6) is 0. The van der Waals surface area contributed by atoms with Gasteiger partial charge in [-0.1, -0.05) is 40.9 Å². The molecule has 1 aromatic heterocycles. The monoisotopic (exact) mass is 378 g/mol. The van der Waals surface area contributed by atoms with E-state index in [4.69, 9.17) is 4.74 Å². The van der Waals surface area contributed by atoms with Gasteiger partial charge in [-0.25, -0.2) is 14.7 Å². The molecule has 1 aromatic carbocycles. The highest BCUT2D eigenvalue weighted by Gasteiger charge is 2.50. The van der Waals surface area contributed by atoms with Gasteiger partial charge in [0.1, 0.15) is 6.61 Å². The van der Waals surface area contributed by atoms with Crippen molar-refractivity contribution in [1.82, 2.24) is 4.98 Å². The lowest BCUT2D eigenvalue weighted by Gasteiger charge is -2.29. The number of nitrogens with zero attached hydrogens (tertiary/aromatic N) is 2. The van der Waals surface area contributed by atoms with Gasteiger partial charge in [-0.2, -0.15) is 0 Å². The van der Waals surface area contributed by atoms with Crippen LogP contribution in [0.4, 0.5) is 9.93 Å². The van der Waals surface area contributed by atoms with Crippen molar-refractivity contribution in [3.05, 3.63) is 34.1 Å². The summed E-state index contributed by atoms with van der Waals surface area (Å²) in [6, 6.07) is 8.04. The fraction of sp³-hybridized carbons (Fsp3) is 0.375. The van der Waals surface area contributed by atoms with Crippen molar-refractivity contribution < 1.29 is 9.53 Å². The van der Waals surface area contributed by atoms with Gasteiger partial charge in [-0.3, -0.25) is 0 Å². The highest BCUT2D eigenvalue weighted by atomic mass is 79.9. The van der Waals surface area contributed by atoms with Crippen LogP contribution in [0.3, 0.4) is 0 Å². The quantitative estimate of drug-likeness (QED) is 0.750. The number of carbonyl (C=O) groups is 1. The topological polar surface area (TPSA) is 42.4 Å². The third kappa shape index (κ3) is 2.25. The van der Waals surface area contributed by atoms with Crippen molar-refractivity contribution in [2.75, 3.05) is 11.5 Å². The summed E-state index contributed by atoms with van der Waals surface area (Å²) in [6.45, 7) is 0.499. The zero-order valence-corrected chi connectivity index (χ0v) is 14.3. The molecule has 0 N–H and O–H groups in total. The summed E-state index contributed by atoms with van der Waals surface area (Å²) < 4.78 is 6.38. The molecule has 1 amide bonds. The minimum absolute atomic E-state index is 0.161. The number of ether oxygens (including phenoxy) is 1. The number of halogens is 1. The van der Waals surface area contributed by atoms with E-state index in [9.17, 15) is 4.79 Å². The lowest BCUT2D eigenvalue weighted by atomic mass is 9.98. The number of carbonyl (C=O) groups excluding carboxylic acids is 1. The molecule has 2 aliphatic rings. The zero-order chi connectivity index (χ0) is 15.2. The average molecular weight is 379 g/mol. The Hall–Kier alpha value is -1.40. The normalized spacial score (nSPS) is 19.9. The van der Waals surface area contributed by atoms with Crippen LogP contribution in [0, 0.1) is 0 Å². The number of aromatic nitrogens is 1. The lowest BCUT2D eigenvalue weighted by Crippen LogP contribution is -2.45. The van der Waals surface area contributed by atoms with Gasteiger partial charge in [0.2, 0.25) is 0 Å². The summed E-state index contributed by atoms with van der Waals surface area (Å²) in [5.41, 5.74) is 1.80. The van der Waals surface area contributed by atoms with Gasteiger partial charge in [0.15, 0.2) is 5.13 Å². The van der Waals surface area contributed by atoms with Gasteiger partial charge >= 0.3 is 6.09 Å². The van der Waals surface area contributed by atoms with E-state index in [-0.39, 0.29) is 11.6 Å². The van der Waals surface area contributed by atoms with Crippen molar-refractivity contribution in [2.45, 2.75) is 31.2 Å². The molecule has 1 saturated carbocycles. The summed E-state index contributed by atoms with van der Waals surface area (Å²) in [6.07, 6.45) is 4.06. The molecule has 0 unspecified atom stereocenters. The maximum absolute atomic E-state index is 12.2. The number of thiazole rings is 1. The van der Waals surface area contributed by atoms with Crippen molar-refractivity contribution in [2.24, 2.45) is 0 Å². The van der Waals surface area contributed by atoms with E-state index in [0.717, 1.165) is 46.5 Å². The Bertz CT molecular complexity index is 707. The second kappa shape index (κ2) is 5.35. The van der Waals surface area contributed by atoms with Crippen LogP contribution >= 0.6 is 27.3 Å². The Balaban J connectivity index is 1.68. The van der Waals surface area contributed by atoms with E-state index in [1.54, 1.807) is 4.90 Å². The first kappa shape index (κ1) is 14.2. The zero-order valence-electron chi connectivity index (χ0n) is 11.9. The first-order valence-electron chi connectivity index (χ1n) is 7.36. The predicted molar refractivity (Wildman–Crippen MR) is 90.3 cm³/mol. The van der Waals surface area contributed by atoms with Crippen molar-refractivity contribution in [3.63, 3.8) is 0 Å². The summed E-state index contributed by atoms with van der Waals surface area (Å²) in [5, 5.41) is 2.76. The second-order valence-corrected chi connectivity index (χ2v) is 7.60. The fourth-order valence-electron chi connectivity index (χ4n) is 3.32. The molecule has 0 bridgehead atoms. The maximum atomic E-state index is 12.2. The SMILES string of the molecule is O=C1OCC2(CCCC2)N1c1nc(-c2ccc(Br)cc2)cs1. The van der Waals surface area contributed by atoms with E-state index in [1.807, 2.05) is 29.6 Å². The summed E-state index contributed by atoms with van der Waals surface area (Å²) in [4.78, 5) is 18.7. The Morgan fingerprint density at radius 1 is 1.23 bits per heavy atom. The third-order valence-electron chi connectivity index (χ3n) is 4.48. The first-order valence-corrected chi connectivity index (χ1v) is 9.04.